The Morgan fingerprint density at radius 3 is 3.00 bits per heavy atom. The summed E-state index contributed by atoms with van der Waals surface area (Å²) in [5.74, 6) is 1.69. The molecule has 0 radical (unpaired) electrons. The lowest BCUT2D eigenvalue weighted by molar-refractivity contribution is 0.0933. The van der Waals surface area contributed by atoms with E-state index in [4.69, 9.17) is 14.2 Å². The fourth-order valence-corrected chi connectivity index (χ4v) is 2.84. The van der Waals surface area contributed by atoms with Gasteiger partial charge in [0.1, 0.15) is 17.2 Å². The summed E-state index contributed by atoms with van der Waals surface area (Å²) in [7, 11) is 3.24. The number of nitrogens with one attached hydrogen (secondary N) is 1. The lowest BCUT2D eigenvalue weighted by Gasteiger charge is -2.25. The molecular formula is C19H22N2O4. The maximum absolute atomic E-state index is 12.3. The van der Waals surface area contributed by atoms with Gasteiger partial charge in [-0.05, 0) is 30.2 Å². The molecule has 1 aliphatic rings. The highest BCUT2D eigenvalue weighted by atomic mass is 16.5. The van der Waals surface area contributed by atoms with E-state index in [1.165, 1.54) is 0 Å². The van der Waals surface area contributed by atoms with Crippen molar-refractivity contribution in [3.63, 3.8) is 0 Å². The molecule has 0 unspecified atom stereocenters. The molecule has 0 aliphatic carbocycles. The molecule has 25 heavy (non-hydrogen) atoms. The molecular weight excluding hydrogens is 320 g/mol. The van der Waals surface area contributed by atoms with E-state index in [0.717, 1.165) is 29.2 Å². The van der Waals surface area contributed by atoms with Gasteiger partial charge in [0.25, 0.3) is 5.91 Å². The Bertz CT molecular complexity index is 748. The zero-order valence-electron chi connectivity index (χ0n) is 14.5. The summed E-state index contributed by atoms with van der Waals surface area (Å²) in [6.45, 7) is 1.50. The molecule has 1 N–H and O–H groups in total. The van der Waals surface area contributed by atoms with Gasteiger partial charge in [0.05, 0.1) is 26.0 Å². The van der Waals surface area contributed by atoms with Crippen LogP contribution in [-0.4, -0.2) is 38.3 Å². The zero-order chi connectivity index (χ0) is 17.6. The van der Waals surface area contributed by atoms with Gasteiger partial charge in [-0.3, -0.25) is 4.79 Å². The smallest absolute Gasteiger partial charge is 0.269 e. The van der Waals surface area contributed by atoms with Crippen LogP contribution in [0.4, 0.5) is 0 Å². The number of carbonyl (C=O) groups excluding carboxylic acids is 1. The lowest BCUT2D eigenvalue weighted by atomic mass is 9.96. The molecule has 0 saturated heterocycles. The summed E-state index contributed by atoms with van der Waals surface area (Å²) in [6.07, 6.45) is 0.858. The van der Waals surface area contributed by atoms with Crippen molar-refractivity contribution in [1.29, 1.82) is 0 Å². The molecule has 0 bridgehead atoms. The summed E-state index contributed by atoms with van der Waals surface area (Å²) in [5, 5.41) is 2.94. The number of pyridine rings is 1. The Balaban J connectivity index is 1.57. The third kappa shape index (κ3) is 4.28. The van der Waals surface area contributed by atoms with Crippen LogP contribution in [0.25, 0.3) is 0 Å². The van der Waals surface area contributed by atoms with Crippen LogP contribution in [0.3, 0.4) is 0 Å². The van der Waals surface area contributed by atoms with Gasteiger partial charge in [0.2, 0.25) is 0 Å². The first-order chi connectivity index (χ1) is 12.2. The monoisotopic (exact) mass is 342 g/mol. The van der Waals surface area contributed by atoms with Gasteiger partial charge in [-0.15, -0.1) is 0 Å². The van der Waals surface area contributed by atoms with Crippen LogP contribution in [0.1, 0.15) is 21.7 Å². The number of carbonyl (C=O) groups is 1. The minimum atomic E-state index is -0.182. The van der Waals surface area contributed by atoms with E-state index < -0.39 is 0 Å². The molecule has 0 saturated carbocycles. The largest absolute Gasteiger partial charge is 0.497 e. The maximum atomic E-state index is 12.3. The number of ether oxygens (including phenoxy) is 3. The minimum Gasteiger partial charge on any atom is -0.497 e. The van der Waals surface area contributed by atoms with Crippen molar-refractivity contribution < 1.29 is 19.0 Å². The van der Waals surface area contributed by atoms with Gasteiger partial charge in [-0.1, -0.05) is 12.1 Å². The Hall–Kier alpha value is -2.60. The summed E-state index contributed by atoms with van der Waals surface area (Å²) in [5.41, 5.74) is 2.27. The van der Waals surface area contributed by atoms with Crippen LogP contribution in [0.15, 0.2) is 36.4 Å². The molecule has 1 aliphatic heterocycles. The van der Waals surface area contributed by atoms with Crippen molar-refractivity contribution in [1.82, 2.24) is 10.3 Å². The van der Waals surface area contributed by atoms with Crippen LogP contribution in [-0.2, 0) is 17.8 Å². The van der Waals surface area contributed by atoms with E-state index in [1.54, 1.807) is 20.3 Å². The molecule has 3 rings (SSSR count). The Kier molecular flexibility index (Phi) is 5.50. The lowest BCUT2D eigenvalue weighted by Crippen LogP contribution is -2.35. The van der Waals surface area contributed by atoms with Gasteiger partial charge < -0.3 is 19.5 Å². The van der Waals surface area contributed by atoms with Crippen molar-refractivity contribution in [3.8, 4) is 11.5 Å². The first-order valence-corrected chi connectivity index (χ1v) is 8.22. The number of benzene rings is 1. The molecule has 1 amide bonds. The number of nitrogens with zero attached hydrogens (tertiary/aromatic N) is 1. The molecule has 0 fully saturated rings. The van der Waals surface area contributed by atoms with Gasteiger partial charge in [0, 0.05) is 25.6 Å². The predicted octanol–water partition coefficient (Wildman–Crippen LogP) is 2.22. The zero-order valence-corrected chi connectivity index (χ0v) is 14.5. The number of hydrogen-bond donors (Lipinski definition) is 1. The summed E-state index contributed by atoms with van der Waals surface area (Å²) in [6, 6.07) is 11.2. The highest BCUT2D eigenvalue weighted by molar-refractivity contribution is 5.92. The van der Waals surface area contributed by atoms with Crippen LogP contribution >= 0.6 is 0 Å². The quantitative estimate of drug-likeness (QED) is 0.872. The maximum Gasteiger partial charge on any atom is 0.269 e. The second-order valence-corrected chi connectivity index (χ2v) is 6.01. The predicted molar refractivity (Wildman–Crippen MR) is 93.0 cm³/mol. The molecule has 1 aromatic heterocycles. The molecule has 6 heteroatoms. The van der Waals surface area contributed by atoms with Crippen LogP contribution in [0, 0.1) is 5.92 Å². The van der Waals surface area contributed by atoms with Crippen LogP contribution in [0.5, 0.6) is 11.5 Å². The summed E-state index contributed by atoms with van der Waals surface area (Å²) < 4.78 is 16.1. The Labute approximate surface area is 147 Å². The number of rotatable bonds is 6. The van der Waals surface area contributed by atoms with E-state index in [-0.39, 0.29) is 11.8 Å². The van der Waals surface area contributed by atoms with E-state index in [1.807, 2.05) is 30.3 Å². The van der Waals surface area contributed by atoms with Crippen molar-refractivity contribution in [2.45, 2.75) is 13.0 Å². The summed E-state index contributed by atoms with van der Waals surface area (Å²) >= 11 is 0. The minimum absolute atomic E-state index is 0.182. The van der Waals surface area contributed by atoms with Crippen LogP contribution in [0.2, 0.25) is 0 Å². The highest BCUT2D eigenvalue weighted by Gasteiger charge is 2.21. The average molecular weight is 342 g/mol. The third-order valence-electron chi connectivity index (χ3n) is 4.14. The van der Waals surface area contributed by atoms with E-state index >= 15 is 0 Å². The fourth-order valence-electron chi connectivity index (χ4n) is 2.84. The van der Waals surface area contributed by atoms with Crippen molar-refractivity contribution in [3.05, 3.63) is 53.3 Å². The van der Waals surface area contributed by atoms with E-state index in [0.29, 0.717) is 25.5 Å². The van der Waals surface area contributed by atoms with Gasteiger partial charge in [0.15, 0.2) is 0 Å². The van der Waals surface area contributed by atoms with Crippen molar-refractivity contribution in [2.24, 2.45) is 5.92 Å². The second-order valence-electron chi connectivity index (χ2n) is 6.01. The van der Waals surface area contributed by atoms with E-state index in [2.05, 4.69) is 10.3 Å². The molecule has 2 heterocycles. The van der Waals surface area contributed by atoms with E-state index in [9.17, 15) is 4.79 Å². The molecule has 1 atom stereocenters. The first kappa shape index (κ1) is 17.2. The number of methoxy groups -OCH3 is 2. The average Bonchev–Trinajstić information content (AvgIpc) is 2.66. The summed E-state index contributed by atoms with van der Waals surface area (Å²) in [4.78, 5) is 16.6. The normalized spacial score (nSPS) is 15.8. The third-order valence-corrected chi connectivity index (χ3v) is 4.14. The number of hydrogen-bond acceptors (Lipinski definition) is 5. The number of fused-ring (bicyclic) bond motifs is 1. The van der Waals surface area contributed by atoms with Crippen molar-refractivity contribution in [2.75, 3.05) is 27.4 Å². The molecule has 132 valence electrons. The Morgan fingerprint density at radius 1 is 1.32 bits per heavy atom. The van der Waals surface area contributed by atoms with Gasteiger partial charge >= 0.3 is 0 Å². The fraction of sp³-hybridized carbons (Fsp3) is 0.368. The standard InChI is InChI=1S/C19H22N2O4/c1-23-12-15-4-3-5-17(21-15)19(22)20-10-13-8-14-6-7-16(24-2)9-18(14)25-11-13/h3-7,9,13H,8,10-12H2,1-2H3,(H,20,22)/t13-/m0/s1. The molecule has 1 aromatic carbocycles. The van der Waals surface area contributed by atoms with Gasteiger partial charge in [-0.2, -0.15) is 0 Å². The molecule has 0 spiro atoms. The first-order valence-electron chi connectivity index (χ1n) is 8.22. The number of amides is 1. The highest BCUT2D eigenvalue weighted by Crippen LogP contribution is 2.30. The molecule has 6 nitrogen and oxygen atoms in total. The number of aromatic nitrogens is 1. The topological polar surface area (TPSA) is 69.7 Å². The second kappa shape index (κ2) is 7.98. The van der Waals surface area contributed by atoms with Crippen molar-refractivity contribution >= 4 is 5.91 Å². The van der Waals surface area contributed by atoms with Crippen LogP contribution < -0.4 is 14.8 Å². The Morgan fingerprint density at radius 2 is 2.20 bits per heavy atom. The molecule has 2 aromatic rings. The van der Waals surface area contributed by atoms with Gasteiger partial charge in [-0.25, -0.2) is 4.98 Å². The SMILES string of the molecule is COCc1cccc(C(=O)NC[C@H]2COc3cc(OC)ccc3C2)n1.